The van der Waals surface area contributed by atoms with Crippen LogP contribution in [0.4, 0.5) is 0 Å². The van der Waals surface area contributed by atoms with Crippen LogP contribution >= 0.6 is 0 Å². The second-order valence-corrected chi connectivity index (χ2v) is 5.81. The third kappa shape index (κ3) is 2.14. The van der Waals surface area contributed by atoms with Crippen LogP contribution in [0, 0.1) is 13.8 Å². The minimum absolute atomic E-state index is 0.744. The molecule has 1 aromatic carbocycles. The first-order chi connectivity index (χ1) is 8.75. The van der Waals surface area contributed by atoms with E-state index in [1.807, 2.05) is 0 Å². The molecular formula is C16H23NO. The van der Waals surface area contributed by atoms with Crippen molar-refractivity contribution >= 4 is 0 Å². The first-order valence-corrected chi connectivity index (χ1v) is 7.21. The Kier molecular flexibility index (Phi) is 3.29. The molecule has 0 amide bonds. The number of nitrogens with zero attached hydrogens (tertiary/aromatic N) is 1. The maximum atomic E-state index is 6.03. The summed E-state index contributed by atoms with van der Waals surface area (Å²) in [5.41, 5.74) is 4.02. The van der Waals surface area contributed by atoms with Crippen molar-refractivity contribution in [3.05, 3.63) is 28.8 Å². The monoisotopic (exact) mass is 245 g/mol. The highest BCUT2D eigenvalue weighted by Crippen LogP contribution is 2.33. The minimum atomic E-state index is 0.744. The van der Waals surface area contributed by atoms with Gasteiger partial charge in [-0.15, -0.1) is 0 Å². The molecule has 3 rings (SSSR count). The lowest BCUT2D eigenvalue weighted by Gasteiger charge is -2.37. The van der Waals surface area contributed by atoms with Gasteiger partial charge < -0.3 is 4.74 Å². The SMILES string of the molecule is Cc1ccc2c(c1C)OCN(C1CCCCC1)C2. The number of hydrogen-bond acceptors (Lipinski definition) is 2. The molecule has 1 aliphatic carbocycles. The van der Waals surface area contributed by atoms with Crippen LogP contribution in [0.15, 0.2) is 12.1 Å². The van der Waals surface area contributed by atoms with E-state index < -0.39 is 0 Å². The fourth-order valence-electron chi connectivity index (χ4n) is 3.26. The summed E-state index contributed by atoms with van der Waals surface area (Å²) in [6, 6.07) is 5.21. The fourth-order valence-corrected chi connectivity index (χ4v) is 3.26. The molecule has 0 atom stereocenters. The zero-order chi connectivity index (χ0) is 12.5. The molecule has 0 bridgehead atoms. The van der Waals surface area contributed by atoms with Crippen molar-refractivity contribution < 1.29 is 4.74 Å². The van der Waals surface area contributed by atoms with Gasteiger partial charge in [0.25, 0.3) is 0 Å². The average molecular weight is 245 g/mol. The lowest BCUT2D eigenvalue weighted by molar-refractivity contribution is 0.0398. The zero-order valence-corrected chi connectivity index (χ0v) is 11.5. The van der Waals surface area contributed by atoms with Gasteiger partial charge in [-0.3, -0.25) is 4.90 Å². The van der Waals surface area contributed by atoms with Crippen LogP contribution in [0.25, 0.3) is 0 Å². The number of hydrogen-bond donors (Lipinski definition) is 0. The largest absolute Gasteiger partial charge is 0.477 e. The molecule has 18 heavy (non-hydrogen) atoms. The Morgan fingerprint density at radius 1 is 1.11 bits per heavy atom. The molecule has 0 radical (unpaired) electrons. The van der Waals surface area contributed by atoms with Gasteiger partial charge in [0.15, 0.2) is 0 Å². The number of rotatable bonds is 1. The van der Waals surface area contributed by atoms with Gasteiger partial charge in [0.05, 0.1) is 0 Å². The average Bonchev–Trinajstić information content (AvgIpc) is 2.44. The summed E-state index contributed by atoms with van der Waals surface area (Å²) >= 11 is 0. The molecule has 1 fully saturated rings. The van der Waals surface area contributed by atoms with Crippen molar-refractivity contribution in [2.24, 2.45) is 0 Å². The second kappa shape index (κ2) is 4.93. The van der Waals surface area contributed by atoms with Crippen LogP contribution in [-0.2, 0) is 6.54 Å². The zero-order valence-electron chi connectivity index (χ0n) is 11.5. The Balaban J connectivity index is 1.78. The van der Waals surface area contributed by atoms with E-state index in [1.165, 1.54) is 48.8 Å². The number of benzene rings is 1. The highest BCUT2D eigenvalue weighted by atomic mass is 16.5. The van der Waals surface area contributed by atoms with Crippen molar-refractivity contribution in [1.29, 1.82) is 0 Å². The molecule has 1 aromatic rings. The van der Waals surface area contributed by atoms with Crippen LogP contribution in [-0.4, -0.2) is 17.7 Å². The summed E-state index contributed by atoms with van der Waals surface area (Å²) in [6.45, 7) is 6.18. The predicted octanol–water partition coefficient (Wildman–Crippen LogP) is 3.79. The lowest BCUT2D eigenvalue weighted by Crippen LogP contribution is -2.41. The van der Waals surface area contributed by atoms with Gasteiger partial charge in [0.2, 0.25) is 0 Å². The van der Waals surface area contributed by atoms with Crippen molar-refractivity contribution in [1.82, 2.24) is 4.90 Å². The van der Waals surface area contributed by atoms with Crippen LogP contribution < -0.4 is 4.74 Å². The van der Waals surface area contributed by atoms with Crippen LogP contribution in [0.5, 0.6) is 5.75 Å². The standard InChI is InChI=1S/C16H23NO/c1-12-8-9-14-10-17(11-18-16(14)13(12)2)15-6-4-3-5-7-15/h8-9,15H,3-7,10-11H2,1-2H3. The molecule has 1 heterocycles. The normalized spacial score (nSPS) is 21.4. The molecule has 2 nitrogen and oxygen atoms in total. The quantitative estimate of drug-likeness (QED) is 0.746. The van der Waals surface area contributed by atoms with E-state index in [4.69, 9.17) is 4.74 Å². The van der Waals surface area contributed by atoms with Gasteiger partial charge in [-0.05, 0) is 37.8 Å². The summed E-state index contributed by atoms with van der Waals surface area (Å²) in [4.78, 5) is 2.52. The lowest BCUT2D eigenvalue weighted by atomic mass is 9.93. The van der Waals surface area contributed by atoms with Gasteiger partial charge in [-0.25, -0.2) is 0 Å². The molecule has 2 heteroatoms. The van der Waals surface area contributed by atoms with E-state index in [-0.39, 0.29) is 0 Å². The van der Waals surface area contributed by atoms with Crippen molar-refractivity contribution in [2.45, 2.75) is 58.5 Å². The van der Waals surface area contributed by atoms with E-state index >= 15 is 0 Å². The summed E-state index contributed by atoms with van der Waals surface area (Å²) in [7, 11) is 0. The Bertz CT molecular complexity index is 435. The topological polar surface area (TPSA) is 12.5 Å². The molecule has 1 saturated carbocycles. The number of fused-ring (bicyclic) bond motifs is 1. The second-order valence-electron chi connectivity index (χ2n) is 5.81. The van der Waals surface area contributed by atoms with Crippen LogP contribution in [0.1, 0.15) is 48.8 Å². The summed E-state index contributed by atoms with van der Waals surface area (Å²) in [5.74, 6) is 1.14. The summed E-state index contributed by atoms with van der Waals surface area (Å²) in [5, 5.41) is 0. The summed E-state index contributed by atoms with van der Waals surface area (Å²) in [6.07, 6.45) is 6.90. The van der Waals surface area contributed by atoms with E-state index in [0.717, 1.165) is 25.1 Å². The molecule has 98 valence electrons. The number of aryl methyl sites for hydroxylation is 1. The number of ether oxygens (including phenoxy) is 1. The molecule has 0 aromatic heterocycles. The first kappa shape index (κ1) is 12.0. The Hall–Kier alpha value is -1.02. The van der Waals surface area contributed by atoms with Gasteiger partial charge in [-0.1, -0.05) is 31.4 Å². The smallest absolute Gasteiger partial charge is 0.142 e. The Labute approximate surface area is 110 Å². The van der Waals surface area contributed by atoms with Gasteiger partial charge >= 0.3 is 0 Å². The van der Waals surface area contributed by atoms with Gasteiger partial charge in [-0.2, -0.15) is 0 Å². The van der Waals surface area contributed by atoms with Crippen molar-refractivity contribution in [3.63, 3.8) is 0 Å². The van der Waals surface area contributed by atoms with E-state index in [2.05, 4.69) is 30.9 Å². The van der Waals surface area contributed by atoms with Crippen molar-refractivity contribution in [3.8, 4) is 5.75 Å². The van der Waals surface area contributed by atoms with E-state index in [0.29, 0.717) is 0 Å². The minimum Gasteiger partial charge on any atom is -0.477 e. The molecule has 0 unspecified atom stereocenters. The highest BCUT2D eigenvalue weighted by Gasteiger charge is 2.26. The van der Waals surface area contributed by atoms with Gasteiger partial charge in [0.1, 0.15) is 12.5 Å². The Morgan fingerprint density at radius 3 is 2.67 bits per heavy atom. The molecular weight excluding hydrogens is 222 g/mol. The Morgan fingerprint density at radius 2 is 1.89 bits per heavy atom. The molecule has 0 N–H and O–H groups in total. The molecule has 0 spiro atoms. The molecule has 1 aliphatic heterocycles. The third-order valence-electron chi connectivity index (χ3n) is 4.60. The van der Waals surface area contributed by atoms with Crippen molar-refractivity contribution in [2.75, 3.05) is 6.73 Å². The summed E-state index contributed by atoms with van der Waals surface area (Å²) < 4.78 is 6.03. The maximum Gasteiger partial charge on any atom is 0.142 e. The maximum absolute atomic E-state index is 6.03. The van der Waals surface area contributed by atoms with Gasteiger partial charge in [0, 0.05) is 18.2 Å². The van der Waals surface area contributed by atoms with E-state index in [9.17, 15) is 0 Å². The molecule has 0 saturated heterocycles. The molecule has 2 aliphatic rings. The van der Waals surface area contributed by atoms with Crippen LogP contribution in [0.3, 0.4) is 0 Å². The predicted molar refractivity (Wildman–Crippen MR) is 73.8 cm³/mol. The highest BCUT2D eigenvalue weighted by molar-refractivity contribution is 5.46. The first-order valence-electron chi connectivity index (χ1n) is 7.21. The third-order valence-corrected chi connectivity index (χ3v) is 4.60. The van der Waals surface area contributed by atoms with Crippen LogP contribution in [0.2, 0.25) is 0 Å². The fraction of sp³-hybridized carbons (Fsp3) is 0.625. The van der Waals surface area contributed by atoms with E-state index in [1.54, 1.807) is 0 Å².